The van der Waals surface area contributed by atoms with Gasteiger partial charge in [0.15, 0.2) is 12.4 Å². The number of fused-ring (bicyclic) bond motifs is 1. The second kappa shape index (κ2) is 10.6. The van der Waals surface area contributed by atoms with Crippen LogP contribution in [0.5, 0.6) is 0 Å². The van der Waals surface area contributed by atoms with Crippen molar-refractivity contribution in [3.63, 3.8) is 0 Å². The first-order valence-electron chi connectivity index (χ1n) is 12.1. The van der Waals surface area contributed by atoms with Crippen molar-refractivity contribution in [1.82, 2.24) is 15.3 Å². The Morgan fingerprint density at radius 2 is 1.92 bits per heavy atom. The lowest BCUT2D eigenvalue weighted by atomic mass is 9.57. The van der Waals surface area contributed by atoms with Gasteiger partial charge in [0.25, 0.3) is 5.91 Å². The molecule has 1 amide bonds. The van der Waals surface area contributed by atoms with Crippen LogP contribution in [0.25, 0.3) is 0 Å². The summed E-state index contributed by atoms with van der Waals surface area (Å²) in [6.07, 6.45) is 4.13. The van der Waals surface area contributed by atoms with E-state index in [9.17, 15) is 19.2 Å². The van der Waals surface area contributed by atoms with Gasteiger partial charge < -0.3 is 18.9 Å². The highest BCUT2D eigenvalue weighted by Gasteiger charge is 2.69. The van der Waals surface area contributed by atoms with Gasteiger partial charge in [-0.25, -0.2) is 14.6 Å². The molecule has 4 atom stereocenters. The number of ketones is 1. The third kappa shape index (κ3) is 5.30. The highest BCUT2D eigenvalue weighted by Crippen LogP contribution is 2.47. The standard InChI is InChI=1S/C25H30BN3O7/c1-16(2)11-19(26-34-23(31)15-36(26)17(3)25(33)35-26)13-22(30)20(12-18-7-5-4-6-8-18)29-24(32)21-14-27-9-10-28-21/h4-10,14,16-17,19-20H,11-13,15H2,1-3H3,(H,29,32)/t17-,19+,20-,26?/m0/s1. The molecule has 190 valence electrons. The van der Waals surface area contributed by atoms with Crippen molar-refractivity contribution in [3.05, 3.63) is 60.2 Å². The maximum Gasteiger partial charge on any atom is 0.688 e. The molecule has 2 fully saturated rings. The number of aromatic nitrogens is 2. The SMILES string of the molecule is CC(C)C[C@H](CC(=O)[C@H](Cc1ccccc1)NC(=O)c1cnccn1)[B-]12OC(=O)C[O+]1[C@@H](C)C(=O)O2. The minimum absolute atomic E-state index is 0.0623. The lowest BCUT2D eigenvalue weighted by molar-refractivity contribution is -0.146. The van der Waals surface area contributed by atoms with E-state index in [1.807, 2.05) is 44.2 Å². The number of hydrogen-bond donors (Lipinski definition) is 1. The highest BCUT2D eigenvalue weighted by atomic mass is 16.9. The fourth-order valence-electron chi connectivity index (χ4n) is 4.99. The molecule has 1 N–H and O–H groups in total. The Bertz CT molecular complexity index is 1130. The Morgan fingerprint density at radius 3 is 2.58 bits per heavy atom. The van der Waals surface area contributed by atoms with Crippen molar-refractivity contribution in [2.45, 2.75) is 58.0 Å². The summed E-state index contributed by atoms with van der Waals surface area (Å²) in [5.41, 5.74) is 0.957. The summed E-state index contributed by atoms with van der Waals surface area (Å²) in [6, 6.07) is 8.45. The van der Waals surface area contributed by atoms with Crippen LogP contribution in [-0.4, -0.2) is 59.1 Å². The zero-order valence-corrected chi connectivity index (χ0v) is 20.6. The molecule has 3 heterocycles. The molecule has 11 heteroatoms. The van der Waals surface area contributed by atoms with Gasteiger partial charge in [-0.2, -0.15) is 0 Å². The maximum atomic E-state index is 13.7. The van der Waals surface area contributed by atoms with E-state index in [4.69, 9.17) is 9.31 Å². The number of nitrogens with zero attached hydrogens (tertiary/aromatic N) is 2. The second-order valence-electron chi connectivity index (χ2n) is 9.75. The summed E-state index contributed by atoms with van der Waals surface area (Å²) in [5.74, 6) is -2.28. The van der Waals surface area contributed by atoms with E-state index in [2.05, 4.69) is 19.6 Å². The van der Waals surface area contributed by atoms with Crippen LogP contribution in [0.15, 0.2) is 48.9 Å². The number of carbonyl (C=O) groups is 4. The molecule has 2 aliphatic rings. The number of carbonyl (C=O) groups excluding carboxylic acids is 4. The van der Waals surface area contributed by atoms with Crippen molar-refractivity contribution < 1.29 is 32.8 Å². The van der Waals surface area contributed by atoms with Gasteiger partial charge in [0.05, 0.1) is 12.2 Å². The number of nitrogens with one attached hydrogen (secondary N) is 1. The maximum absolute atomic E-state index is 13.7. The monoisotopic (exact) mass is 495 g/mol. The van der Waals surface area contributed by atoms with Crippen molar-refractivity contribution in [3.8, 4) is 0 Å². The van der Waals surface area contributed by atoms with Crippen molar-refractivity contribution in [2.24, 2.45) is 5.92 Å². The van der Waals surface area contributed by atoms with Gasteiger partial charge in [-0.1, -0.05) is 50.6 Å². The van der Waals surface area contributed by atoms with Gasteiger partial charge in [-0.3, -0.25) is 14.6 Å². The van der Waals surface area contributed by atoms with Gasteiger partial charge in [0.2, 0.25) is 6.10 Å². The lowest BCUT2D eigenvalue weighted by Gasteiger charge is -2.37. The van der Waals surface area contributed by atoms with Crippen LogP contribution in [0.3, 0.4) is 0 Å². The Labute approximate surface area is 209 Å². The molecule has 1 aromatic heterocycles. The molecule has 0 bridgehead atoms. The Hall–Kier alpha value is -3.60. The highest BCUT2D eigenvalue weighted by molar-refractivity contribution is 6.69. The minimum atomic E-state index is -2.56. The third-order valence-corrected chi connectivity index (χ3v) is 6.66. The smallest absolute Gasteiger partial charge is 0.580 e. The predicted molar refractivity (Wildman–Crippen MR) is 130 cm³/mol. The van der Waals surface area contributed by atoms with Gasteiger partial charge in [-0.15, -0.1) is 0 Å². The van der Waals surface area contributed by atoms with Crippen LogP contribution in [0.4, 0.5) is 0 Å². The van der Waals surface area contributed by atoms with E-state index in [1.165, 1.54) is 18.6 Å². The predicted octanol–water partition coefficient (Wildman–Crippen LogP) is 2.19. The Balaban J connectivity index is 1.61. The number of Topliss-reactive ketones (excluding diaryl/α,β-unsaturated/α-hetero) is 1. The number of hydrogen-bond acceptors (Lipinski definition) is 8. The molecule has 10 nitrogen and oxygen atoms in total. The van der Waals surface area contributed by atoms with Crippen molar-refractivity contribution in [2.75, 3.05) is 6.61 Å². The van der Waals surface area contributed by atoms with Gasteiger partial charge >= 0.3 is 18.7 Å². The first-order chi connectivity index (χ1) is 17.2. The summed E-state index contributed by atoms with van der Waals surface area (Å²) < 4.78 is 14.0. The van der Waals surface area contributed by atoms with E-state index in [1.54, 1.807) is 6.92 Å². The molecule has 0 radical (unpaired) electrons. The fourth-order valence-corrected chi connectivity index (χ4v) is 4.99. The van der Waals surface area contributed by atoms with Crippen LogP contribution in [0.1, 0.15) is 49.7 Å². The lowest BCUT2D eigenvalue weighted by Crippen LogP contribution is -2.51. The molecule has 1 unspecified atom stereocenters. The summed E-state index contributed by atoms with van der Waals surface area (Å²) in [5, 5.41) is 2.79. The number of rotatable bonds is 10. The summed E-state index contributed by atoms with van der Waals surface area (Å²) >= 11 is 0. The zero-order valence-electron chi connectivity index (χ0n) is 20.6. The van der Waals surface area contributed by atoms with E-state index in [0.717, 1.165) is 5.56 Å². The van der Waals surface area contributed by atoms with Gasteiger partial charge in [0.1, 0.15) is 5.69 Å². The molecule has 1 aromatic carbocycles. The van der Waals surface area contributed by atoms with Crippen LogP contribution in [-0.2, 0) is 34.4 Å². The molecule has 2 saturated heterocycles. The van der Waals surface area contributed by atoms with Crippen molar-refractivity contribution in [1.29, 1.82) is 0 Å². The van der Waals surface area contributed by atoms with Crippen LogP contribution in [0, 0.1) is 5.92 Å². The van der Waals surface area contributed by atoms with Crippen molar-refractivity contribution >= 4 is 30.4 Å². The number of amides is 1. The molecule has 2 aliphatic heterocycles. The van der Waals surface area contributed by atoms with Crippen LogP contribution >= 0.6 is 0 Å². The first kappa shape index (κ1) is 25.5. The van der Waals surface area contributed by atoms with E-state index in [0.29, 0.717) is 6.42 Å². The van der Waals surface area contributed by atoms with Gasteiger partial charge in [-0.05, 0) is 24.3 Å². The summed E-state index contributed by atoms with van der Waals surface area (Å²) in [6.45, 7) is 2.89. The van der Waals surface area contributed by atoms with E-state index < -0.39 is 42.6 Å². The second-order valence-corrected chi connectivity index (χ2v) is 9.75. The average molecular weight is 495 g/mol. The summed E-state index contributed by atoms with van der Waals surface area (Å²) in [4.78, 5) is 59.2. The van der Waals surface area contributed by atoms with Crippen LogP contribution < -0.4 is 5.32 Å². The van der Waals surface area contributed by atoms with Gasteiger partial charge in [0, 0.05) is 25.1 Å². The first-order valence-corrected chi connectivity index (χ1v) is 12.1. The Kier molecular flexibility index (Phi) is 7.49. The molecule has 0 aliphatic carbocycles. The number of benzene rings is 1. The third-order valence-electron chi connectivity index (χ3n) is 6.66. The molecule has 2 aromatic rings. The molecular formula is C25H30BN3O7. The molecule has 0 spiro atoms. The fraction of sp³-hybridized carbons (Fsp3) is 0.440. The normalized spacial score (nSPS) is 23.1. The quantitative estimate of drug-likeness (QED) is 0.393. The molecule has 0 saturated carbocycles. The zero-order chi connectivity index (χ0) is 25.9. The minimum Gasteiger partial charge on any atom is -0.580 e. The van der Waals surface area contributed by atoms with Crippen LogP contribution in [0.2, 0.25) is 5.82 Å². The Morgan fingerprint density at radius 1 is 1.17 bits per heavy atom. The van der Waals surface area contributed by atoms with E-state index >= 15 is 0 Å². The molecule has 4 rings (SSSR count). The molecular weight excluding hydrogens is 465 g/mol. The summed E-state index contributed by atoms with van der Waals surface area (Å²) in [7, 11) is 0. The largest absolute Gasteiger partial charge is 0.688 e. The average Bonchev–Trinajstić information content (AvgIpc) is 3.30. The van der Waals surface area contributed by atoms with E-state index in [-0.39, 0.29) is 36.8 Å². The topological polar surface area (TPSA) is 127 Å². The molecule has 36 heavy (non-hydrogen) atoms.